The third kappa shape index (κ3) is 13.6. The number of anilines is 2. The number of fused-ring (bicyclic) bond motifs is 2. The first-order valence-corrected chi connectivity index (χ1v) is 23.7. The number of nitrogens with two attached hydrogens (primary N) is 1. The van der Waals surface area contributed by atoms with Crippen LogP contribution in [0.25, 0.3) is 22.3 Å². The fourth-order valence-corrected chi connectivity index (χ4v) is 9.77. The van der Waals surface area contributed by atoms with Crippen LogP contribution in [0.1, 0.15) is 64.2 Å². The molecule has 0 saturated carbocycles. The number of benzene rings is 4. The molecule has 0 saturated heterocycles. The van der Waals surface area contributed by atoms with Crippen molar-refractivity contribution in [2.24, 2.45) is 5.73 Å². The molecule has 19 heteroatoms. The topological polar surface area (TPSA) is 123 Å². The molecular formula is C51H51ClF6N4O6S2. The number of alkyl carbamates (subject to hydrolysis) is 1. The Morgan fingerprint density at radius 1 is 0.629 bits per heavy atom. The lowest BCUT2D eigenvalue weighted by Gasteiger charge is -2.20. The van der Waals surface area contributed by atoms with Gasteiger partial charge in [0.25, 0.3) is 0 Å². The van der Waals surface area contributed by atoms with E-state index in [9.17, 15) is 40.7 Å². The van der Waals surface area contributed by atoms with Crippen LogP contribution in [0, 0.1) is 0 Å². The molecule has 2 aliphatic rings. The fourth-order valence-electron chi connectivity index (χ4n) is 7.85. The molecule has 3 amide bonds. The second kappa shape index (κ2) is 22.8. The van der Waals surface area contributed by atoms with E-state index in [2.05, 4.69) is 5.32 Å². The highest BCUT2D eigenvalue weighted by molar-refractivity contribution is 7.13. The molecule has 10 nitrogen and oxygen atoms in total. The minimum atomic E-state index is -4.46. The van der Waals surface area contributed by atoms with Crippen molar-refractivity contribution in [3.63, 3.8) is 0 Å². The smallest absolute Gasteiger partial charge is 0.426 e. The number of amides is 3. The number of carbonyl (C=O) groups is 3. The van der Waals surface area contributed by atoms with E-state index >= 15 is 0 Å². The van der Waals surface area contributed by atoms with Crippen molar-refractivity contribution in [1.82, 2.24) is 5.32 Å². The summed E-state index contributed by atoms with van der Waals surface area (Å²) >= 11 is 1.38. The summed E-state index contributed by atoms with van der Waals surface area (Å²) in [5.41, 5.74) is 9.71. The number of nitrogens with zero attached hydrogens (tertiary/aromatic N) is 2. The molecule has 2 aromatic heterocycles. The predicted molar refractivity (Wildman–Crippen MR) is 263 cm³/mol. The summed E-state index contributed by atoms with van der Waals surface area (Å²) in [7, 11) is 0. The van der Waals surface area contributed by atoms with Crippen LogP contribution in [-0.2, 0) is 52.7 Å². The Morgan fingerprint density at radius 2 is 1.06 bits per heavy atom. The van der Waals surface area contributed by atoms with E-state index in [-0.39, 0.29) is 61.5 Å². The second-order valence-corrected chi connectivity index (χ2v) is 19.4. The maximum absolute atomic E-state index is 13.7. The molecule has 0 spiro atoms. The van der Waals surface area contributed by atoms with Crippen LogP contribution in [0.3, 0.4) is 0 Å². The molecule has 8 rings (SSSR count). The molecule has 0 aliphatic carbocycles. The van der Waals surface area contributed by atoms with Crippen LogP contribution in [0.4, 0.5) is 42.5 Å². The summed E-state index contributed by atoms with van der Waals surface area (Å²) in [6.45, 7) is 6.89. The van der Waals surface area contributed by atoms with Gasteiger partial charge in [-0.3, -0.25) is 9.59 Å². The van der Waals surface area contributed by atoms with Gasteiger partial charge in [0.15, 0.2) is 0 Å². The Hall–Kier alpha value is -6.08. The van der Waals surface area contributed by atoms with Crippen LogP contribution in [0.15, 0.2) is 109 Å². The summed E-state index contributed by atoms with van der Waals surface area (Å²) in [6, 6.07) is 30.8. The SMILES string of the molecule is CC(C)(C)OC(=O)NCCC(=O)N1CCc2cc(OCc3cc(-c4ccccc4)c(C(F)(F)F)s3)ccc21.Cl.NCCC(=O)N1CCc2cc(OCc3cc(-c4ccccc4)c(C(F)(F)F)s3)ccc21. The van der Waals surface area contributed by atoms with E-state index in [1.165, 1.54) is 6.07 Å². The van der Waals surface area contributed by atoms with E-state index in [0.29, 0.717) is 94.0 Å². The number of nitrogens with one attached hydrogen (secondary N) is 1. The van der Waals surface area contributed by atoms with Crippen LogP contribution < -0.4 is 30.3 Å². The summed E-state index contributed by atoms with van der Waals surface area (Å²) in [4.78, 5) is 39.7. The quantitative estimate of drug-likeness (QED) is 0.110. The number of hydrogen-bond donors (Lipinski definition) is 2. The van der Waals surface area contributed by atoms with Crippen molar-refractivity contribution >= 4 is 64.4 Å². The summed E-state index contributed by atoms with van der Waals surface area (Å²) in [5.74, 6) is 0.949. The summed E-state index contributed by atoms with van der Waals surface area (Å²) in [6.07, 6.45) is -7.70. The second-order valence-electron chi connectivity index (χ2n) is 17.1. The van der Waals surface area contributed by atoms with Gasteiger partial charge in [0, 0.05) is 71.3 Å². The first-order valence-electron chi connectivity index (χ1n) is 22.1. The lowest BCUT2D eigenvalue weighted by Crippen LogP contribution is -2.36. The number of ether oxygens (including phenoxy) is 3. The molecule has 0 fully saturated rings. The van der Waals surface area contributed by atoms with Crippen LogP contribution in [-0.4, -0.2) is 49.7 Å². The van der Waals surface area contributed by atoms with Crippen LogP contribution in [0.5, 0.6) is 11.5 Å². The van der Waals surface area contributed by atoms with Gasteiger partial charge in [-0.25, -0.2) is 4.79 Å². The van der Waals surface area contributed by atoms with E-state index in [1.807, 2.05) is 18.2 Å². The Morgan fingerprint density at radius 3 is 1.46 bits per heavy atom. The minimum Gasteiger partial charge on any atom is -0.488 e. The zero-order chi connectivity index (χ0) is 49.5. The molecule has 70 heavy (non-hydrogen) atoms. The van der Waals surface area contributed by atoms with Crippen molar-refractivity contribution in [2.45, 2.75) is 77.6 Å². The first-order chi connectivity index (χ1) is 32.8. The number of thiophene rings is 2. The normalized spacial score (nSPS) is 13.1. The number of alkyl halides is 6. The van der Waals surface area contributed by atoms with Gasteiger partial charge in [-0.15, -0.1) is 35.1 Å². The molecule has 372 valence electrons. The first kappa shape index (κ1) is 53.3. The largest absolute Gasteiger partial charge is 0.488 e. The molecule has 3 N–H and O–H groups in total. The molecule has 4 heterocycles. The molecule has 0 radical (unpaired) electrons. The van der Waals surface area contributed by atoms with Crippen molar-refractivity contribution in [3.05, 3.63) is 140 Å². The number of halogens is 7. The molecule has 6 aromatic rings. The Balaban J connectivity index is 0.000000231. The predicted octanol–water partition coefficient (Wildman–Crippen LogP) is 12.5. The number of rotatable bonds is 13. The van der Waals surface area contributed by atoms with E-state index < -0.39 is 33.8 Å². The fraction of sp³-hybridized carbons (Fsp3) is 0.314. The van der Waals surface area contributed by atoms with Crippen molar-refractivity contribution in [1.29, 1.82) is 0 Å². The van der Waals surface area contributed by atoms with Gasteiger partial charge in [0.05, 0.1) is 0 Å². The van der Waals surface area contributed by atoms with Gasteiger partial charge in [0.1, 0.15) is 40.1 Å². The molecule has 0 unspecified atom stereocenters. The molecular weight excluding hydrogens is 978 g/mol. The maximum Gasteiger partial charge on any atom is 0.426 e. The number of carbonyl (C=O) groups excluding carboxylic acids is 3. The molecule has 0 atom stereocenters. The lowest BCUT2D eigenvalue weighted by molar-refractivity contribution is -0.134. The van der Waals surface area contributed by atoms with E-state index in [4.69, 9.17) is 19.9 Å². The minimum absolute atomic E-state index is 0. The molecule has 4 aromatic carbocycles. The van der Waals surface area contributed by atoms with Gasteiger partial charge >= 0.3 is 18.4 Å². The molecule has 0 bridgehead atoms. The van der Waals surface area contributed by atoms with Crippen molar-refractivity contribution in [3.8, 4) is 33.8 Å². The van der Waals surface area contributed by atoms with Crippen LogP contribution in [0.2, 0.25) is 0 Å². The molecule has 2 aliphatic heterocycles. The lowest BCUT2D eigenvalue weighted by atomic mass is 10.1. The van der Waals surface area contributed by atoms with E-state index in [0.717, 1.165) is 22.5 Å². The Labute approximate surface area is 415 Å². The standard InChI is InChI=1S/C28H29F3N2O4S.C23H21F3N2O2S.ClH/c1-27(2,3)37-26(35)32-13-11-24(34)33-14-12-19-15-20(9-10-23(19)33)36-17-21-16-22(18-7-5-4-6-8-18)25(38-21)28(29,30)31;24-23(25,26)22-19(15-4-2-1-3-5-15)13-18(31-22)14-30-17-6-7-20-16(12-17)9-11-28(20)21(29)8-10-27;/h4-10,15-16H,11-14,17H2,1-3H3,(H,32,35);1-7,12-13H,8-11,14,27H2;1H. The summed E-state index contributed by atoms with van der Waals surface area (Å²) < 4.78 is 98.4. The Bertz CT molecular complexity index is 2760. The van der Waals surface area contributed by atoms with Gasteiger partial charge in [-0.2, -0.15) is 26.3 Å². The van der Waals surface area contributed by atoms with Crippen LogP contribution >= 0.6 is 35.1 Å². The monoisotopic (exact) mass is 1030 g/mol. The number of hydrogen-bond acceptors (Lipinski definition) is 9. The van der Waals surface area contributed by atoms with Gasteiger partial charge in [-0.1, -0.05) is 60.7 Å². The highest BCUT2D eigenvalue weighted by atomic mass is 35.5. The zero-order valence-electron chi connectivity index (χ0n) is 38.4. The summed E-state index contributed by atoms with van der Waals surface area (Å²) in [5, 5.41) is 2.59. The highest BCUT2D eigenvalue weighted by Gasteiger charge is 2.38. The van der Waals surface area contributed by atoms with Gasteiger partial charge in [0.2, 0.25) is 11.8 Å². The van der Waals surface area contributed by atoms with Gasteiger partial charge in [-0.05, 0) is 104 Å². The zero-order valence-corrected chi connectivity index (χ0v) is 40.8. The van der Waals surface area contributed by atoms with Gasteiger partial charge < -0.3 is 35.1 Å². The average Bonchev–Trinajstić information content (AvgIpc) is 4.12. The Kier molecular flexibility index (Phi) is 17.3. The third-order valence-electron chi connectivity index (χ3n) is 10.9. The maximum atomic E-state index is 13.7. The third-order valence-corrected chi connectivity index (χ3v) is 13.2. The average molecular weight is 1030 g/mol. The van der Waals surface area contributed by atoms with E-state index in [1.54, 1.807) is 116 Å². The van der Waals surface area contributed by atoms with Crippen molar-refractivity contribution in [2.75, 3.05) is 36.0 Å². The highest BCUT2D eigenvalue weighted by Crippen LogP contribution is 2.45. The van der Waals surface area contributed by atoms with Crippen molar-refractivity contribution < 1.29 is 54.9 Å².